The van der Waals surface area contributed by atoms with Gasteiger partial charge in [0.2, 0.25) is 0 Å². The summed E-state index contributed by atoms with van der Waals surface area (Å²) >= 11 is 4.18. The van der Waals surface area contributed by atoms with Gasteiger partial charge in [0.05, 0.1) is 31.8 Å². The third kappa shape index (κ3) is 15.5. The molecule has 2 saturated heterocycles. The molecule has 0 radical (unpaired) electrons. The van der Waals surface area contributed by atoms with Crippen LogP contribution < -0.4 is 0 Å². The van der Waals surface area contributed by atoms with E-state index < -0.39 is 0 Å². The summed E-state index contributed by atoms with van der Waals surface area (Å²) in [4.78, 5) is 0. The second-order valence-corrected chi connectivity index (χ2v) is 13.1. The third-order valence-corrected chi connectivity index (χ3v) is 9.35. The van der Waals surface area contributed by atoms with Gasteiger partial charge < -0.3 is 18.9 Å². The highest BCUT2D eigenvalue weighted by molar-refractivity contribution is 7.99. The average Bonchev–Trinajstić information content (AvgIpc) is 2.88. The minimum absolute atomic E-state index is 0.0448. The van der Waals surface area contributed by atoms with Crippen LogP contribution in [0, 0.1) is 5.41 Å². The number of hydrogen-bond acceptors (Lipinski definition) is 6. The van der Waals surface area contributed by atoms with Crippen molar-refractivity contribution in [1.29, 1.82) is 0 Å². The molecule has 2 rings (SSSR count). The molecule has 208 valence electrons. The van der Waals surface area contributed by atoms with E-state index in [1.54, 1.807) is 0 Å². The summed E-state index contributed by atoms with van der Waals surface area (Å²) < 4.78 is 24.2. The molecule has 2 aliphatic rings. The molecule has 0 bridgehead atoms. The zero-order chi connectivity index (χ0) is 24.9. The third-order valence-electron chi connectivity index (χ3n) is 7.04. The molecule has 0 aromatic carbocycles. The van der Waals surface area contributed by atoms with E-state index in [2.05, 4.69) is 37.4 Å². The molecular formula is C29H56O4S2. The first-order chi connectivity index (χ1) is 17.3. The van der Waals surface area contributed by atoms with Gasteiger partial charge in [-0.15, -0.1) is 0 Å². The highest BCUT2D eigenvalue weighted by Gasteiger charge is 2.41. The Morgan fingerprint density at radius 1 is 0.486 bits per heavy atom. The molecule has 1 spiro atoms. The van der Waals surface area contributed by atoms with Gasteiger partial charge in [0, 0.05) is 0 Å². The fourth-order valence-corrected chi connectivity index (χ4v) is 6.60. The van der Waals surface area contributed by atoms with Crippen molar-refractivity contribution >= 4 is 23.5 Å². The van der Waals surface area contributed by atoms with Crippen molar-refractivity contribution < 1.29 is 18.9 Å². The Kier molecular flexibility index (Phi) is 19.5. The summed E-state index contributed by atoms with van der Waals surface area (Å²) in [5, 5.41) is 0. The largest absolute Gasteiger partial charge is 0.352 e. The van der Waals surface area contributed by atoms with Crippen molar-refractivity contribution in [3.05, 3.63) is 0 Å². The maximum absolute atomic E-state index is 6.06. The first-order valence-corrected chi connectivity index (χ1v) is 17.2. The van der Waals surface area contributed by atoms with E-state index in [1.165, 1.54) is 113 Å². The Balaban J connectivity index is 1.38. The van der Waals surface area contributed by atoms with Crippen molar-refractivity contribution in [3.63, 3.8) is 0 Å². The van der Waals surface area contributed by atoms with E-state index in [4.69, 9.17) is 18.9 Å². The van der Waals surface area contributed by atoms with Crippen LogP contribution >= 0.6 is 23.5 Å². The van der Waals surface area contributed by atoms with Crippen molar-refractivity contribution in [2.45, 2.75) is 129 Å². The molecule has 0 aromatic heterocycles. The van der Waals surface area contributed by atoms with Gasteiger partial charge in [0.1, 0.15) is 0 Å². The highest BCUT2D eigenvalue weighted by atomic mass is 32.2. The number of rotatable bonds is 22. The fourth-order valence-electron chi connectivity index (χ4n) is 4.64. The lowest BCUT2D eigenvalue weighted by Gasteiger charge is -2.43. The smallest absolute Gasteiger partial charge is 0.157 e. The van der Waals surface area contributed by atoms with Crippen molar-refractivity contribution in [3.8, 4) is 0 Å². The van der Waals surface area contributed by atoms with Gasteiger partial charge in [-0.3, -0.25) is 0 Å². The van der Waals surface area contributed by atoms with Gasteiger partial charge in [-0.1, -0.05) is 78.1 Å². The maximum Gasteiger partial charge on any atom is 0.157 e. The zero-order valence-electron chi connectivity index (χ0n) is 23.1. The van der Waals surface area contributed by atoms with Crippen LogP contribution in [0.2, 0.25) is 0 Å². The molecule has 0 N–H and O–H groups in total. The van der Waals surface area contributed by atoms with Crippen LogP contribution in [0.3, 0.4) is 0 Å². The fraction of sp³-hybridized carbons (Fsp3) is 1.00. The number of thioether (sulfide) groups is 2. The molecule has 0 saturated carbocycles. The molecule has 6 heteroatoms. The van der Waals surface area contributed by atoms with E-state index in [0.717, 1.165) is 12.8 Å². The molecule has 0 atom stereocenters. The molecule has 2 fully saturated rings. The topological polar surface area (TPSA) is 36.9 Å². The predicted octanol–water partition coefficient (Wildman–Crippen LogP) is 8.47. The second kappa shape index (κ2) is 21.5. The Bertz CT molecular complexity index is 418. The van der Waals surface area contributed by atoms with E-state index in [-0.39, 0.29) is 18.0 Å². The highest BCUT2D eigenvalue weighted by Crippen LogP contribution is 2.32. The summed E-state index contributed by atoms with van der Waals surface area (Å²) in [6.07, 6.45) is 20.9. The molecule has 2 aliphatic heterocycles. The van der Waals surface area contributed by atoms with E-state index in [9.17, 15) is 0 Å². The zero-order valence-corrected chi connectivity index (χ0v) is 24.7. The molecule has 0 aliphatic carbocycles. The monoisotopic (exact) mass is 532 g/mol. The summed E-state index contributed by atoms with van der Waals surface area (Å²) in [5.74, 6) is 5.04. The van der Waals surface area contributed by atoms with Gasteiger partial charge >= 0.3 is 0 Å². The summed E-state index contributed by atoms with van der Waals surface area (Å²) in [6, 6.07) is 0. The Morgan fingerprint density at radius 2 is 0.829 bits per heavy atom. The first-order valence-electron chi connectivity index (χ1n) is 14.9. The Morgan fingerprint density at radius 3 is 1.23 bits per heavy atom. The minimum atomic E-state index is -0.105. The summed E-state index contributed by atoms with van der Waals surface area (Å²) in [6.45, 7) is 7.35. The maximum atomic E-state index is 6.06. The molecular weight excluding hydrogens is 476 g/mol. The first kappa shape index (κ1) is 31.8. The normalized spacial score (nSPS) is 24.9. The quantitative estimate of drug-likeness (QED) is 0.130. The molecule has 0 unspecified atom stereocenters. The number of ether oxygens (including phenoxy) is 4. The Labute approximate surface area is 226 Å². The van der Waals surface area contributed by atoms with Crippen LogP contribution in [-0.4, -0.2) is 62.0 Å². The standard InChI is InChI=1S/C29H56O4S2/c1-3-5-7-9-11-13-19-34-21-15-17-27-30-23-29(24-31-27)25-32-28(33-26-29)18-16-22-35-20-14-12-10-8-6-4-2/h27-28H,3-26H2,1-2H3. The lowest BCUT2D eigenvalue weighted by molar-refractivity contribution is -0.303. The predicted molar refractivity (Wildman–Crippen MR) is 154 cm³/mol. The Hall–Kier alpha value is 0.540. The van der Waals surface area contributed by atoms with Crippen LogP contribution in [0.1, 0.15) is 117 Å². The minimum Gasteiger partial charge on any atom is -0.352 e. The van der Waals surface area contributed by atoms with Gasteiger partial charge in [0.15, 0.2) is 12.6 Å². The van der Waals surface area contributed by atoms with Crippen LogP contribution in [0.4, 0.5) is 0 Å². The summed E-state index contributed by atoms with van der Waals surface area (Å²) in [7, 11) is 0. The van der Waals surface area contributed by atoms with Crippen LogP contribution in [0.25, 0.3) is 0 Å². The SMILES string of the molecule is CCCCCCCCSCCCC1OCC2(CO1)COC(CCCSCCCCCCCC)OC2. The van der Waals surface area contributed by atoms with E-state index >= 15 is 0 Å². The van der Waals surface area contributed by atoms with Crippen LogP contribution in [0.15, 0.2) is 0 Å². The molecule has 4 nitrogen and oxygen atoms in total. The molecule has 35 heavy (non-hydrogen) atoms. The van der Waals surface area contributed by atoms with Crippen LogP contribution in [-0.2, 0) is 18.9 Å². The lowest BCUT2D eigenvalue weighted by Crippen LogP contribution is -2.52. The molecule has 0 aromatic rings. The lowest BCUT2D eigenvalue weighted by atomic mass is 9.90. The van der Waals surface area contributed by atoms with Crippen molar-refractivity contribution in [2.75, 3.05) is 49.4 Å². The summed E-state index contributed by atoms with van der Waals surface area (Å²) in [5.41, 5.74) is -0.105. The average molecular weight is 533 g/mol. The molecule has 2 heterocycles. The number of hydrogen-bond donors (Lipinski definition) is 0. The van der Waals surface area contributed by atoms with Gasteiger partial charge in [0.25, 0.3) is 0 Å². The van der Waals surface area contributed by atoms with E-state index in [1.807, 2.05) is 0 Å². The van der Waals surface area contributed by atoms with Gasteiger partial charge in [-0.25, -0.2) is 0 Å². The van der Waals surface area contributed by atoms with Gasteiger partial charge in [-0.2, -0.15) is 23.5 Å². The van der Waals surface area contributed by atoms with E-state index in [0.29, 0.717) is 26.4 Å². The van der Waals surface area contributed by atoms with Crippen LogP contribution in [0.5, 0.6) is 0 Å². The number of unbranched alkanes of at least 4 members (excludes halogenated alkanes) is 10. The van der Waals surface area contributed by atoms with Gasteiger partial charge in [-0.05, 0) is 61.5 Å². The van der Waals surface area contributed by atoms with Crippen molar-refractivity contribution in [2.24, 2.45) is 5.41 Å². The van der Waals surface area contributed by atoms with Crippen molar-refractivity contribution in [1.82, 2.24) is 0 Å². The second-order valence-electron chi connectivity index (χ2n) is 10.6. The molecule has 0 amide bonds.